The minimum atomic E-state index is -0.363. The van der Waals surface area contributed by atoms with Crippen LogP contribution < -0.4 is 4.74 Å². The third kappa shape index (κ3) is 3.36. The molecule has 0 aromatic heterocycles. The number of ether oxygens (including phenoxy) is 1. The van der Waals surface area contributed by atoms with E-state index in [0.717, 1.165) is 0 Å². The zero-order valence-corrected chi connectivity index (χ0v) is 9.03. The lowest BCUT2D eigenvalue weighted by molar-refractivity contribution is 0.357. The Labute approximate surface area is 89.3 Å². The van der Waals surface area contributed by atoms with Gasteiger partial charge in [0.2, 0.25) is 0 Å². The monoisotopic (exact) mass is 264 g/mol. The first-order chi connectivity index (χ1) is 6.09. The van der Waals surface area contributed by atoms with Crippen molar-refractivity contribution in [2.75, 3.05) is 6.61 Å². The van der Waals surface area contributed by atoms with Crippen molar-refractivity contribution in [3.8, 4) is 5.75 Å². The summed E-state index contributed by atoms with van der Waals surface area (Å²) in [7, 11) is 0. The van der Waals surface area contributed by atoms with Crippen molar-refractivity contribution in [2.24, 2.45) is 0 Å². The average Bonchev–Trinajstić information content (AvgIpc) is 2.07. The molecule has 0 unspecified atom stereocenters. The minimum Gasteiger partial charge on any atom is -0.488 e. The number of rotatable bonds is 3. The quantitative estimate of drug-likeness (QED) is 0.809. The fraction of sp³-hybridized carbons (Fsp3) is 0.111. The zero-order chi connectivity index (χ0) is 9.84. The Morgan fingerprint density at radius 3 is 2.85 bits per heavy atom. The maximum Gasteiger partial charge on any atom is 0.141 e. The van der Waals surface area contributed by atoms with Crippen molar-refractivity contribution in [3.63, 3.8) is 0 Å². The molecule has 0 saturated carbocycles. The van der Waals surface area contributed by atoms with Gasteiger partial charge < -0.3 is 4.74 Å². The fourth-order valence-corrected chi connectivity index (χ4v) is 1.03. The van der Waals surface area contributed by atoms with Gasteiger partial charge in [-0.15, -0.1) is 0 Å². The van der Waals surface area contributed by atoms with Gasteiger partial charge in [0.25, 0.3) is 0 Å². The summed E-state index contributed by atoms with van der Waals surface area (Å²) in [5.41, 5.74) is 0. The van der Waals surface area contributed by atoms with Gasteiger partial charge in [-0.2, -0.15) is 0 Å². The Balaban J connectivity index is 2.68. The van der Waals surface area contributed by atoms with Gasteiger partial charge in [0.1, 0.15) is 18.2 Å². The number of hydrogen-bond acceptors (Lipinski definition) is 1. The Bertz CT molecular complexity index is 327. The SMILES string of the molecule is C=C(Cl)COc1ccc(Br)c(F)c1. The van der Waals surface area contributed by atoms with Crippen molar-refractivity contribution in [2.45, 2.75) is 0 Å². The highest BCUT2D eigenvalue weighted by Gasteiger charge is 2.01. The largest absolute Gasteiger partial charge is 0.488 e. The first-order valence-corrected chi connectivity index (χ1v) is 4.68. The van der Waals surface area contributed by atoms with Crippen LogP contribution in [0.2, 0.25) is 0 Å². The summed E-state index contributed by atoms with van der Waals surface area (Å²) in [4.78, 5) is 0. The van der Waals surface area contributed by atoms with Crippen LogP contribution in [0.4, 0.5) is 4.39 Å². The van der Waals surface area contributed by atoms with Crippen LogP contribution >= 0.6 is 27.5 Å². The molecule has 0 atom stereocenters. The van der Waals surface area contributed by atoms with Gasteiger partial charge >= 0.3 is 0 Å². The lowest BCUT2D eigenvalue weighted by Crippen LogP contribution is -1.96. The van der Waals surface area contributed by atoms with Crippen molar-refractivity contribution in [1.29, 1.82) is 0 Å². The molecule has 70 valence electrons. The van der Waals surface area contributed by atoms with E-state index in [2.05, 4.69) is 22.5 Å². The van der Waals surface area contributed by atoms with Crippen LogP contribution in [0.25, 0.3) is 0 Å². The first-order valence-electron chi connectivity index (χ1n) is 3.50. The number of benzene rings is 1. The molecule has 13 heavy (non-hydrogen) atoms. The van der Waals surface area contributed by atoms with Gasteiger partial charge in [-0.3, -0.25) is 0 Å². The molecule has 1 aromatic rings. The van der Waals surface area contributed by atoms with Gasteiger partial charge in [0.05, 0.1) is 4.47 Å². The molecule has 0 heterocycles. The molecule has 0 aliphatic carbocycles. The van der Waals surface area contributed by atoms with Gasteiger partial charge in [0.15, 0.2) is 0 Å². The Morgan fingerprint density at radius 2 is 2.31 bits per heavy atom. The molecule has 0 N–H and O–H groups in total. The molecule has 0 fully saturated rings. The lowest BCUT2D eigenvalue weighted by Gasteiger charge is -2.04. The molecule has 0 amide bonds. The number of halogens is 3. The van der Waals surface area contributed by atoms with E-state index in [1.54, 1.807) is 12.1 Å². The summed E-state index contributed by atoms with van der Waals surface area (Å²) >= 11 is 8.51. The standard InChI is InChI=1S/C9H7BrClFO/c1-6(11)5-13-7-2-3-8(10)9(12)4-7/h2-4H,1,5H2. The van der Waals surface area contributed by atoms with Crippen molar-refractivity contribution < 1.29 is 9.13 Å². The summed E-state index contributed by atoms with van der Waals surface area (Å²) < 4.78 is 18.4. The Morgan fingerprint density at radius 1 is 1.62 bits per heavy atom. The predicted molar refractivity (Wildman–Crippen MR) is 54.6 cm³/mol. The predicted octanol–water partition coefficient (Wildman–Crippen LogP) is 3.72. The second-order valence-electron chi connectivity index (χ2n) is 2.38. The van der Waals surface area contributed by atoms with E-state index in [4.69, 9.17) is 16.3 Å². The average molecular weight is 266 g/mol. The van der Waals surface area contributed by atoms with Gasteiger partial charge in [0, 0.05) is 11.1 Å². The normalized spacial score (nSPS) is 9.77. The van der Waals surface area contributed by atoms with Crippen LogP contribution in [-0.4, -0.2) is 6.61 Å². The van der Waals surface area contributed by atoms with Crippen LogP contribution in [0.3, 0.4) is 0 Å². The van der Waals surface area contributed by atoms with Crippen molar-refractivity contribution in [3.05, 3.63) is 40.1 Å². The van der Waals surface area contributed by atoms with Crippen LogP contribution in [-0.2, 0) is 0 Å². The van der Waals surface area contributed by atoms with Crippen molar-refractivity contribution in [1.82, 2.24) is 0 Å². The van der Waals surface area contributed by atoms with E-state index in [1.165, 1.54) is 6.07 Å². The number of hydrogen-bond donors (Lipinski definition) is 0. The molecule has 0 bridgehead atoms. The summed E-state index contributed by atoms with van der Waals surface area (Å²) in [6.45, 7) is 3.63. The highest BCUT2D eigenvalue weighted by atomic mass is 79.9. The molecule has 0 spiro atoms. The fourth-order valence-electron chi connectivity index (χ4n) is 0.728. The Hall–Kier alpha value is -0.540. The summed E-state index contributed by atoms with van der Waals surface area (Å²) in [5, 5.41) is 0.378. The van der Waals surface area contributed by atoms with E-state index >= 15 is 0 Å². The Kier molecular flexibility index (Phi) is 3.75. The highest BCUT2D eigenvalue weighted by molar-refractivity contribution is 9.10. The third-order valence-corrected chi connectivity index (χ3v) is 2.04. The molecular weight excluding hydrogens is 258 g/mol. The van der Waals surface area contributed by atoms with E-state index in [1.807, 2.05) is 0 Å². The van der Waals surface area contributed by atoms with E-state index in [0.29, 0.717) is 15.3 Å². The topological polar surface area (TPSA) is 9.23 Å². The van der Waals surface area contributed by atoms with E-state index < -0.39 is 0 Å². The molecule has 1 nitrogen and oxygen atoms in total. The maximum absolute atomic E-state index is 12.9. The molecular formula is C9H7BrClFO. The molecule has 1 rings (SSSR count). The minimum absolute atomic E-state index is 0.183. The smallest absolute Gasteiger partial charge is 0.141 e. The lowest BCUT2D eigenvalue weighted by atomic mass is 10.3. The molecule has 1 aromatic carbocycles. The van der Waals surface area contributed by atoms with E-state index in [9.17, 15) is 4.39 Å². The van der Waals surface area contributed by atoms with Crippen LogP contribution in [0, 0.1) is 5.82 Å². The maximum atomic E-state index is 12.9. The summed E-state index contributed by atoms with van der Waals surface area (Å²) in [6, 6.07) is 4.50. The van der Waals surface area contributed by atoms with Crippen LogP contribution in [0.5, 0.6) is 5.75 Å². The molecule has 0 saturated heterocycles. The van der Waals surface area contributed by atoms with Crippen LogP contribution in [0.15, 0.2) is 34.3 Å². The molecule has 0 radical (unpaired) electrons. The second kappa shape index (κ2) is 4.63. The second-order valence-corrected chi connectivity index (χ2v) is 3.77. The van der Waals surface area contributed by atoms with Gasteiger partial charge in [-0.05, 0) is 28.1 Å². The summed E-state index contributed by atoms with van der Waals surface area (Å²) in [6.07, 6.45) is 0. The van der Waals surface area contributed by atoms with Gasteiger partial charge in [-0.25, -0.2) is 4.39 Å². The molecule has 0 aliphatic rings. The van der Waals surface area contributed by atoms with Crippen LogP contribution in [0.1, 0.15) is 0 Å². The highest BCUT2D eigenvalue weighted by Crippen LogP contribution is 2.21. The third-order valence-electron chi connectivity index (χ3n) is 1.29. The zero-order valence-electron chi connectivity index (χ0n) is 6.69. The van der Waals surface area contributed by atoms with E-state index in [-0.39, 0.29) is 12.4 Å². The molecule has 4 heteroatoms. The first kappa shape index (κ1) is 10.5. The summed E-state index contributed by atoms with van der Waals surface area (Å²) in [5.74, 6) is 0.0696. The van der Waals surface area contributed by atoms with Crippen molar-refractivity contribution >= 4 is 27.5 Å². The molecule has 0 aliphatic heterocycles. The van der Waals surface area contributed by atoms with Gasteiger partial charge in [-0.1, -0.05) is 18.2 Å².